The Kier molecular flexibility index (Phi) is 4.65. The zero-order valence-electron chi connectivity index (χ0n) is 10.6. The van der Waals surface area contributed by atoms with Crippen molar-refractivity contribution in [2.75, 3.05) is 25.1 Å². The summed E-state index contributed by atoms with van der Waals surface area (Å²) in [4.78, 5) is 27.9. The monoisotopic (exact) mass is 252 g/mol. The van der Waals surface area contributed by atoms with Crippen molar-refractivity contribution in [1.82, 2.24) is 4.98 Å². The molecule has 0 spiro atoms. The summed E-state index contributed by atoms with van der Waals surface area (Å²) < 4.78 is 4.62. The molecule has 1 aromatic rings. The third-order valence-corrected chi connectivity index (χ3v) is 2.51. The van der Waals surface area contributed by atoms with Crippen LogP contribution < -0.4 is 4.90 Å². The molecule has 0 radical (unpaired) electrons. The second-order valence-corrected chi connectivity index (χ2v) is 3.70. The summed E-state index contributed by atoms with van der Waals surface area (Å²) in [6, 6.07) is 3.21. The lowest BCUT2D eigenvalue weighted by Crippen LogP contribution is -2.30. The van der Waals surface area contributed by atoms with Gasteiger partial charge in [-0.25, -0.2) is 9.78 Å². The first-order valence-corrected chi connectivity index (χ1v) is 5.52. The largest absolute Gasteiger partial charge is 0.480 e. The van der Waals surface area contributed by atoms with E-state index in [1.54, 1.807) is 24.0 Å². The van der Waals surface area contributed by atoms with Crippen molar-refractivity contribution >= 4 is 17.8 Å². The van der Waals surface area contributed by atoms with Gasteiger partial charge in [0.2, 0.25) is 0 Å². The van der Waals surface area contributed by atoms with Crippen LogP contribution in [0.3, 0.4) is 0 Å². The smallest absolute Gasteiger partial charge is 0.339 e. The van der Waals surface area contributed by atoms with Crippen LogP contribution in [0, 0.1) is 6.92 Å². The van der Waals surface area contributed by atoms with Crippen LogP contribution in [0.1, 0.15) is 23.0 Å². The van der Waals surface area contributed by atoms with Crippen LogP contribution in [0.2, 0.25) is 0 Å². The first-order chi connectivity index (χ1) is 8.49. The molecule has 6 nitrogen and oxygen atoms in total. The number of anilines is 1. The summed E-state index contributed by atoms with van der Waals surface area (Å²) >= 11 is 0. The average Bonchev–Trinajstić information content (AvgIpc) is 2.34. The fraction of sp³-hybridized carbons (Fsp3) is 0.417. The Morgan fingerprint density at radius 2 is 2.11 bits per heavy atom. The summed E-state index contributed by atoms with van der Waals surface area (Å²) in [5, 5.41) is 8.78. The number of carbonyl (C=O) groups excluding carboxylic acids is 1. The second-order valence-electron chi connectivity index (χ2n) is 3.70. The van der Waals surface area contributed by atoms with Gasteiger partial charge in [-0.15, -0.1) is 0 Å². The van der Waals surface area contributed by atoms with Gasteiger partial charge >= 0.3 is 11.9 Å². The molecule has 0 aliphatic rings. The minimum Gasteiger partial charge on any atom is -0.480 e. The molecular formula is C12H16N2O4. The lowest BCUT2D eigenvalue weighted by Gasteiger charge is -2.20. The van der Waals surface area contributed by atoms with Gasteiger partial charge in [-0.2, -0.15) is 0 Å². The van der Waals surface area contributed by atoms with E-state index in [9.17, 15) is 9.59 Å². The number of methoxy groups -OCH3 is 1. The van der Waals surface area contributed by atoms with Crippen LogP contribution in [0.25, 0.3) is 0 Å². The van der Waals surface area contributed by atoms with Gasteiger partial charge in [0.25, 0.3) is 0 Å². The Bertz CT molecular complexity index is 459. The first kappa shape index (κ1) is 14.0. The van der Waals surface area contributed by atoms with Gasteiger partial charge in [-0.05, 0) is 26.0 Å². The molecule has 0 saturated heterocycles. The van der Waals surface area contributed by atoms with Gasteiger partial charge in [0.1, 0.15) is 12.4 Å². The molecule has 1 heterocycles. The third-order valence-electron chi connectivity index (χ3n) is 2.51. The Balaban J connectivity index is 3.02. The van der Waals surface area contributed by atoms with E-state index >= 15 is 0 Å². The van der Waals surface area contributed by atoms with E-state index in [1.807, 2.05) is 6.92 Å². The average molecular weight is 252 g/mol. The number of pyridine rings is 1. The SMILES string of the molecule is CCN(CC(=O)O)c1ccc(C(=O)OC)c(C)n1. The summed E-state index contributed by atoms with van der Waals surface area (Å²) in [7, 11) is 1.30. The molecule has 0 unspecified atom stereocenters. The van der Waals surface area contributed by atoms with E-state index in [0.717, 1.165) is 0 Å². The minimum absolute atomic E-state index is 0.124. The highest BCUT2D eigenvalue weighted by molar-refractivity contribution is 5.90. The van der Waals surface area contributed by atoms with Crippen LogP contribution in [0.15, 0.2) is 12.1 Å². The van der Waals surface area contributed by atoms with Gasteiger partial charge in [-0.3, -0.25) is 4.79 Å². The number of ether oxygens (including phenoxy) is 1. The number of hydrogen-bond donors (Lipinski definition) is 1. The van der Waals surface area contributed by atoms with Gasteiger partial charge in [0.15, 0.2) is 0 Å². The number of rotatable bonds is 5. The highest BCUT2D eigenvalue weighted by Crippen LogP contribution is 2.15. The standard InChI is InChI=1S/C12H16N2O4/c1-4-14(7-11(15)16)10-6-5-9(8(2)13-10)12(17)18-3/h5-6H,4,7H2,1-3H3,(H,15,16). The zero-order valence-corrected chi connectivity index (χ0v) is 10.6. The number of esters is 1. The highest BCUT2D eigenvalue weighted by atomic mass is 16.5. The number of nitrogens with zero attached hydrogens (tertiary/aromatic N) is 2. The maximum atomic E-state index is 11.4. The van der Waals surface area contributed by atoms with E-state index in [0.29, 0.717) is 23.6 Å². The summed E-state index contributed by atoms with van der Waals surface area (Å²) in [6.45, 7) is 3.93. The molecular weight excluding hydrogens is 236 g/mol. The Morgan fingerprint density at radius 1 is 1.44 bits per heavy atom. The Morgan fingerprint density at radius 3 is 2.56 bits per heavy atom. The predicted molar refractivity (Wildman–Crippen MR) is 65.8 cm³/mol. The van der Waals surface area contributed by atoms with Crippen molar-refractivity contribution in [3.05, 3.63) is 23.4 Å². The Hall–Kier alpha value is -2.11. The van der Waals surface area contributed by atoms with Gasteiger partial charge < -0.3 is 14.7 Å². The van der Waals surface area contributed by atoms with Crippen molar-refractivity contribution in [1.29, 1.82) is 0 Å². The fourth-order valence-corrected chi connectivity index (χ4v) is 1.57. The van der Waals surface area contributed by atoms with Crippen molar-refractivity contribution in [2.45, 2.75) is 13.8 Å². The molecule has 0 aromatic carbocycles. The summed E-state index contributed by atoms with van der Waals surface area (Å²) in [5.74, 6) is -0.841. The van der Waals surface area contributed by atoms with Gasteiger partial charge in [-0.1, -0.05) is 0 Å². The number of aliphatic carboxylic acids is 1. The topological polar surface area (TPSA) is 79.7 Å². The van der Waals surface area contributed by atoms with Crippen LogP contribution in [0.5, 0.6) is 0 Å². The summed E-state index contributed by atoms with van der Waals surface area (Å²) in [5.41, 5.74) is 0.899. The first-order valence-electron chi connectivity index (χ1n) is 5.52. The molecule has 1 rings (SSSR count). The van der Waals surface area contributed by atoms with E-state index in [4.69, 9.17) is 5.11 Å². The van der Waals surface area contributed by atoms with Crippen LogP contribution in [-0.4, -0.2) is 42.2 Å². The lowest BCUT2D eigenvalue weighted by molar-refractivity contribution is -0.135. The van der Waals surface area contributed by atoms with Crippen LogP contribution in [-0.2, 0) is 9.53 Å². The Labute approximate surface area is 105 Å². The number of carboxylic acids is 1. The molecule has 0 bridgehead atoms. The number of likely N-dealkylation sites (N-methyl/N-ethyl adjacent to an activating group) is 1. The number of carbonyl (C=O) groups is 2. The van der Waals surface area contributed by atoms with Gasteiger partial charge in [0, 0.05) is 6.54 Å². The molecule has 1 aromatic heterocycles. The van der Waals surface area contributed by atoms with Crippen molar-refractivity contribution in [2.24, 2.45) is 0 Å². The van der Waals surface area contributed by atoms with Crippen molar-refractivity contribution in [3.63, 3.8) is 0 Å². The fourth-order valence-electron chi connectivity index (χ4n) is 1.57. The van der Waals surface area contributed by atoms with Crippen molar-refractivity contribution in [3.8, 4) is 0 Å². The highest BCUT2D eigenvalue weighted by Gasteiger charge is 2.14. The normalized spacial score (nSPS) is 9.94. The van der Waals surface area contributed by atoms with E-state index < -0.39 is 11.9 Å². The number of carboxylic acid groups (broad SMARTS) is 1. The van der Waals surface area contributed by atoms with E-state index in [1.165, 1.54) is 7.11 Å². The molecule has 1 N–H and O–H groups in total. The zero-order chi connectivity index (χ0) is 13.7. The number of hydrogen-bond acceptors (Lipinski definition) is 5. The van der Waals surface area contributed by atoms with E-state index in [-0.39, 0.29) is 6.54 Å². The third kappa shape index (κ3) is 3.19. The van der Waals surface area contributed by atoms with Crippen LogP contribution >= 0.6 is 0 Å². The van der Waals surface area contributed by atoms with E-state index in [2.05, 4.69) is 9.72 Å². The molecule has 0 saturated carbocycles. The molecule has 0 fully saturated rings. The van der Waals surface area contributed by atoms with Gasteiger partial charge in [0.05, 0.1) is 18.4 Å². The molecule has 0 atom stereocenters. The quantitative estimate of drug-likeness (QED) is 0.790. The molecule has 98 valence electrons. The molecule has 0 aliphatic heterocycles. The predicted octanol–water partition coefficient (Wildman–Crippen LogP) is 1.09. The second kappa shape index (κ2) is 6.00. The molecule has 0 aliphatic carbocycles. The maximum absolute atomic E-state index is 11.4. The van der Waals surface area contributed by atoms with Crippen molar-refractivity contribution < 1.29 is 19.4 Å². The number of aromatic nitrogens is 1. The molecule has 0 amide bonds. The summed E-state index contributed by atoms with van der Waals surface area (Å²) in [6.07, 6.45) is 0. The van der Waals surface area contributed by atoms with Crippen LogP contribution in [0.4, 0.5) is 5.82 Å². The molecule has 6 heteroatoms. The minimum atomic E-state index is -0.923. The number of aryl methyl sites for hydroxylation is 1. The molecule has 18 heavy (non-hydrogen) atoms. The lowest BCUT2D eigenvalue weighted by atomic mass is 10.2. The maximum Gasteiger partial charge on any atom is 0.339 e.